The maximum atomic E-state index is 7.33. The molecular formula is C59H48N4OPt. The van der Waals surface area contributed by atoms with Crippen molar-refractivity contribution in [1.82, 2.24) is 14.1 Å². The van der Waals surface area contributed by atoms with Crippen LogP contribution in [0.25, 0.3) is 66.2 Å². The Morgan fingerprint density at radius 1 is 0.631 bits per heavy atom. The van der Waals surface area contributed by atoms with Crippen LogP contribution in [-0.2, 0) is 48.8 Å². The molecule has 7 aromatic carbocycles. The average molecular weight is 1020 g/mol. The van der Waals surface area contributed by atoms with Crippen LogP contribution >= 0.6 is 0 Å². The van der Waals surface area contributed by atoms with Crippen molar-refractivity contribution in [2.24, 2.45) is 4.99 Å². The summed E-state index contributed by atoms with van der Waals surface area (Å²) in [6.45, 7) is 15.6. The molecule has 10 aromatic rings. The minimum Gasteiger partial charge on any atom is -0.507 e. The average Bonchev–Trinajstić information content (AvgIpc) is 3.88. The fraction of sp³-hybridized carbons (Fsp3) is 0.186. The predicted molar refractivity (Wildman–Crippen MR) is 262 cm³/mol. The van der Waals surface area contributed by atoms with Gasteiger partial charge in [0.15, 0.2) is 0 Å². The number of aryl methyl sites for hydroxylation is 2. The number of fused-ring (bicyclic) bond motifs is 11. The summed E-state index contributed by atoms with van der Waals surface area (Å²) < 4.78 is 12.0. The first-order chi connectivity index (χ1) is 30.9. The van der Waals surface area contributed by atoms with E-state index in [0.29, 0.717) is 5.90 Å². The van der Waals surface area contributed by atoms with E-state index in [-0.39, 0.29) is 26.5 Å². The van der Waals surface area contributed by atoms with Crippen LogP contribution < -0.4 is 0 Å². The number of rotatable bonds is 4. The zero-order chi connectivity index (χ0) is 43.7. The van der Waals surface area contributed by atoms with E-state index in [2.05, 4.69) is 209 Å². The van der Waals surface area contributed by atoms with Crippen molar-refractivity contribution < 1.29 is 25.8 Å². The van der Waals surface area contributed by atoms with Crippen molar-refractivity contribution in [3.63, 3.8) is 0 Å². The molecule has 5 nitrogen and oxygen atoms in total. The maximum Gasteiger partial charge on any atom is 2.00 e. The van der Waals surface area contributed by atoms with Gasteiger partial charge in [0, 0.05) is 28.0 Å². The first kappa shape index (κ1) is 41.2. The number of hydrogen-bond acceptors (Lipinski definition) is 3. The van der Waals surface area contributed by atoms with Crippen LogP contribution in [0.15, 0.2) is 157 Å². The minimum absolute atomic E-state index is 0. The van der Waals surface area contributed by atoms with Crippen molar-refractivity contribution in [2.75, 3.05) is 0 Å². The van der Waals surface area contributed by atoms with Gasteiger partial charge >= 0.3 is 21.1 Å². The van der Waals surface area contributed by atoms with Crippen LogP contribution in [0.2, 0.25) is 0 Å². The van der Waals surface area contributed by atoms with E-state index in [4.69, 9.17) is 14.7 Å². The molecule has 6 heteroatoms. The molecule has 1 aliphatic carbocycles. The summed E-state index contributed by atoms with van der Waals surface area (Å²) in [6, 6.07) is 60.6. The second-order valence-corrected chi connectivity index (χ2v) is 19.3. The molecule has 0 fully saturated rings. The molecule has 2 aliphatic rings. The monoisotopic (exact) mass is 1020 g/mol. The maximum absolute atomic E-state index is 7.33. The summed E-state index contributed by atoms with van der Waals surface area (Å²) in [5.74, 6) is 0.604. The van der Waals surface area contributed by atoms with Gasteiger partial charge in [-0.15, -0.1) is 40.8 Å². The van der Waals surface area contributed by atoms with Crippen LogP contribution in [-0.4, -0.2) is 20.0 Å². The van der Waals surface area contributed by atoms with Gasteiger partial charge in [0.2, 0.25) is 0 Å². The number of aromatic nitrogens is 3. The standard InChI is InChI=1S/C59H48N4O.Pt/c1-36-23-25-51-46(28-36)47-29-37(2)53(63-52-26-24-39(38-16-9-8-10-17-38)33-48(52)45-20-15-27-60-55(45)63)35-54(47)62(51)44-32-42(31-43(34-44)57(3,4)5)56-61-58(6)49-21-13-11-18-40(49)30-41-19-12-14-22-50(41)59(58,7)64-56;/h8-29,31,33-34H,30H2,1-7H3;/q-2;+2/t58-,59+;/m1./s1. The van der Waals surface area contributed by atoms with Crippen LogP contribution in [0.1, 0.15) is 79.1 Å². The fourth-order valence-electron chi connectivity index (χ4n) is 10.7. The molecule has 0 amide bonds. The van der Waals surface area contributed by atoms with Crippen LogP contribution in [0, 0.1) is 26.0 Å². The Balaban J connectivity index is 0.00000469. The van der Waals surface area contributed by atoms with Gasteiger partial charge < -0.3 is 13.9 Å². The molecule has 4 heterocycles. The number of aliphatic imine (C=N–C) groups is 1. The normalized spacial score (nSPS) is 17.9. The zero-order valence-corrected chi connectivity index (χ0v) is 39.9. The summed E-state index contributed by atoms with van der Waals surface area (Å²) in [4.78, 5) is 10.7. The number of nitrogens with zero attached hydrogens (tertiary/aromatic N) is 4. The van der Waals surface area contributed by atoms with E-state index in [9.17, 15) is 0 Å². The smallest absolute Gasteiger partial charge is 0.507 e. The fourth-order valence-corrected chi connectivity index (χ4v) is 10.7. The minimum atomic E-state index is -0.750. The van der Waals surface area contributed by atoms with Gasteiger partial charge in [0.1, 0.15) is 22.7 Å². The molecule has 0 unspecified atom stereocenters. The summed E-state index contributed by atoms with van der Waals surface area (Å²) in [7, 11) is 0. The van der Waals surface area contributed by atoms with E-state index in [0.717, 1.165) is 67.3 Å². The van der Waals surface area contributed by atoms with E-state index >= 15 is 0 Å². The first-order valence-electron chi connectivity index (χ1n) is 22.4. The molecule has 0 saturated heterocycles. The van der Waals surface area contributed by atoms with Gasteiger partial charge in [-0.05, 0) is 102 Å². The second kappa shape index (κ2) is 14.7. The second-order valence-electron chi connectivity index (χ2n) is 19.3. The van der Waals surface area contributed by atoms with E-state index in [1.165, 1.54) is 49.9 Å². The molecule has 0 saturated carbocycles. The summed E-state index contributed by atoms with van der Waals surface area (Å²) in [5.41, 5.74) is 15.9. The van der Waals surface area contributed by atoms with E-state index in [1.54, 1.807) is 0 Å². The van der Waals surface area contributed by atoms with Crippen molar-refractivity contribution >= 4 is 49.6 Å². The Labute approximate surface area is 394 Å². The van der Waals surface area contributed by atoms with Gasteiger partial charge in [-0.3, -0.25) is 4.99 Å². The molecule has 1 aliphatic heterocycles. The molecule has 320 valence electrons. The van der Waals surface area contributed by atoms with Crippen molar-refractivity contribution in [1.29, 1.82) is 0 Å². The molecule has 0 N–H and O–H groups in total. The Hall–Kier alpha value is -6.55. The largest absolute Gasteiger partial charge is 2.00 e. The van der Waals surface area contributed by atoms with Crippen molar-refractivity contribution in [3.8, 4) is 22.5 Å². The third kappa shape index (κ3) is 6.15. The molecule has 12 rings (SSSR count). The molecule has 2 atom stereocenters. The van der Waals surface area contributed by atoms with Crippen LogP contribution in [0.3, 0.4) is 0 Å². The molecule has 0 radical (unpaired) electrons. The van der Waals surface area contributed by atoms with Gasteiger partial charge in [-0.25, -0.2) is 4.98 Å². The quantitative estimate of drug-likeness (QED) is 0.165. The number of pyridine rings is 1. The third-order valence-electron chi connectivity index (χ3n) is 14.2. The van der Waals surface area contributed by atoms with Crippen LogP contribution in [0.5, 0.6) is 0 Å². The first-order valence-corrected chi connectivity index (χ1v) is 22.4. The van der Waals surface area contributed by atoms with Crippen molar-refractivity contribution in [3.05, 3.63) is 208 Å². The summed E-state index contributed by atoms with van der Waals surface area (Å²) >= 11 is 0. The van der Waals surface area contributed by atoms with Gasteiger partial charge in [-0.2, -0.15) is 6.07 Å². The van der Waals surface area contributed by atoms with Crippen LogP contribution in [0.4, 0.5) is 0 Å². The van der Waals surface area contributed by atoms with Gasteiger partial charge in [-0.1, -0.05) is 147 Å². The number of benzene rings is 7. The molecule has 0 bridgehead atoms. The van der Waals surface area contributed by atoms with Gasteiger partial charge in [0.05, 0.1) is 5.52 Å². The number of hydrogen-bond donors (Lipinski definition) is 0. The summed E-state index contributed by atoms with van der Waals surface area (Å²) in [5, 5.41) is 4.58. The van der Waals surface area contributed by atoms with Crippen molar-refractivity contribution in [2.45, 2.75) is 71.4 Å². The topological polar surface area (TPSA) is 44.3 Å². The summed E-state index contributed by atoms with van der Waals surface area (Å²) in [6.07, 6.45) is 2.73. The predicted octanol–water partition coefficient (Wildman–Crippen LogP) is 14.0. The Bertz CT molecular complexity index is 3610. The van der Waals surface area contributed by atoms with Gasteiger partial charge in [0.25, 0.3) is 0 Å². The Morgan fingerprint density at radius 3 is 2.11 bits per heavy atom. The molecule has 3 aromatic heterocycles. The molecular weight excluding hydrogens is 976 g/mol. The molecule has 0 spiro atoms. The molecule has 65 heavy (non-hydrogen) atoms. The third-order valence-corrected chi connectivity index (χ3v) is 14.2. The van der Waals surface area contributed by atoms with E-state index in [1.807, 2.05) is 12.3 Å². The SMILES string of the molecule is Cc1ccc2c(c1)c1cc(C)c(-n3c4ccc(-c5ccccc5)cc4c4cccnc43)[c-]c1n2-c1[c-]c(C2=N[C@]3(C)c4ccccc4Cc4ccccc4[C@]3(C)O2)cc(C(C)(C)C)c1.[Pt+2]. The zero-order valence-electron chi connectivity index (χ0n) is 37.7. The Morgan fingerprint density at radius 2 is 1.32 bits per heavy atom. The van der Waals surface area contributed by atoms with E-state index < -0.39 is 11.1 Å². The number of ether oxygens (including phenoxy) is 1. The Kier molecular flexibility index (Phi) is 9.34.